The van der Waals surface area contributed by atoms with E-state index < -0.39 is 31.8 Å². The molecule has 3 aromatic rings. The van der Waals surface area contributed by atoms with E-state index in [0.29, 0.717) is 0 Å². The molecule has 126 valence electrons. The molecule has 0 saturated heterocycles. The van der Waals surface area contributed by atoms with Gasteiger partial charge in [0.15, 0.2) is 5.52 Å². The Kier molecular flexibility index (Phi) is 3.73. The molecule has 1 heterocycles. The number of benzene rings is 2. The van der Waals surface area contributed by atoms with E-state index in [2.05, 4.69) is 10.2 Å². The van der Waals surface area contributed by atoms with E-state index >= 15 is 0 Å². The summed E-state index contributed by atoms with van der Waals surface area (Å²) in [6.45, 7) is 0. The van der Waals surface area contributed by atoms with Gasteiger partial charge in [-0.15, -0.1) is 15.0 Å². The molecule has 3 rings (SSSR count). The Morgan fingerprint density at radius 3 is 2.16 bits per heavy atom. The van der Waals surface area contributed by atoms with Crippen LogP contribution >= 0.6 is 11.6 Å². The third-order valence-corrected chi connectivity index (χ3v) is 3.54. The van der Waals surface area contributed by atoms with Crippen LogP contribution in [0.3, 0.4) is 0 Å². The van der Waals surface area contributed by atoms with E-state index in [4.69, 9.17) is 11.6 Å². The second-order valence-corrected chi connectivity index (χ2v) is 5.14. The predicted molar refractivity (Wildman–Crippen MR) is 83.8 cm³/mol. The molecular weight excluding hydrogens is 360 g/mol. The first kappa shape index (κ1) is 16.2. The van der Waals surface area contributed by atoms with Gasteiger partial charge in [-0.3, -0.25) is 30.3 Å². The van der Waals surface area contributed by atoms with Gasteiger partial charge in [-0.2, -0.15) is 0 Å². The smallest absolute Gasteiger partial charge is 0.258 e. The fourth-order valence-corrected chi connectivity index (χ4v) is 2.30. The lowest BCUT2D eigenvalue weighted by atomic mass is 10.2. The predicted octanol–water partition coefficient (Wildman–Crippen LogP) is 2.80. The molecule has 1 aromatic heterocycles. The van der Waals surface area contributed by atoms with Gasteiger partial charge in [0.2, 0.25) is 0 Å². The second-order valence-electron chi connectivity index (χ2n) is 4.73. The van der Waals surface area contributed by atoms with Gasteiger partial charge in [-0.25, -0.2) is 0 Å². The average molecular weight is 365 g/mol. The molecule has 25 heavy (non-hydrogen) atoms. The van der Waals surface area contributed by atoms with Crippen molar-refractivity contribution in [3.05, 3.63) is 65.7 Å². The van der Waals surface area contributed by atoms with E-state index in [0.717, 1.165) is 23.0 Å². The number of nitro groups is 3. The first-order valence-corrected chi connectivity index (χ1v) is 6.80. The van der Waals surface area contributed by atoms with Crippen molar-refractivity contribution in [3.8, 4) is 5.69 Å². The van der Waals surface area contributed by atoms with Crippen molar-refractivity contribution in [2.45, 2.75) is 0 Å². The zero-order valence-electron chi connectivity index (χ0n) is 11.9. The Labute approximate surface area is 141 Å². The molecule has 0 radical (unpaired) electrons. The number of halogens is 1. The number of nitrogens with zero attached hydrogens (tertiary/aromatic N) is 6. The van der Waals surface area contributed by atoms with Crippen LogP contribution in [0.1, 0.15) is 0 Å². The zero-order valence-corrected chi connectivity index (χ0v) is 12.7. The summed E-state index contributed by atoms with van der Waals surface area (Å²) in [6, 6.07) is 5.50. The van der Waals surface area contributed by atoms with Crippen molar-refractivity contribution >= 4 is 39.7 Å². The number of fused-ring (bicyclic) bond motifs is 1. The van der Waals surface area contributed by atoms with Crippen molar-refractivity contribution in [1.82, 2.24) is 15.0 Å². The summed E-state index contributed by atoms with van der Waals surface area (Å²) in [5, 5.41) is 40.7. The number of hydrogen-bond acceptors (Lipinski definition) is 8. The SMILES string of the molecule is O=[N+]([O-])c1cc([N+](=O)[O-])c2nn(-c3ccc(Cl)c([N+](=O)[O-])c3)nc2c1. The van der Waals surface area contributed by atoms with Crippen LogP contribution in [0.2, 0.25) is 5.02 Å². The molecule has 12 nitrogen and oxygen atoms in total. The van der Waals surface area contributed by atoms with Gasteiger partial charge in [-0.05, 0) is 12.1 Å². The summed E-state index contributed by atoms with van der Waals surface area (Å²) in [6.07, 6.45) is 0. The molecule has 13 heteroatoms. The number of rotatable bonds is 4. The lowest BCUT2D eigenvalue weighted by molar-refractivity contribution is -0.393. The molecular formula is C12H5ClN6O6. The highest BCUT2D eigenvalue weighted by Crippen LogP contribution is 2.30. The summed E-state index contributed by atoms with van der Waals surface area (Å²) in [5.74, 6) is 0. The van der Waals surface area contributed by atoms with Crippen LogP contribution in [0, 0.1) is 30.3 Å². The Morgan fingerprint density at radius 1 is 0.880 bits per heavy atom. The second kappa shape index (κ2) is 5.76. The maximum atomic E-state index is 11.1. The van der Waals surface area contributed by atoms with Crippen LogP contribution in [0.4, 0.5) is 17.1 Å². The molecule has 0 N–H and O–H groups in total. The highest BCUT2D eigenvalue weighted by molar-refractivity contribution is 6.32. The lowest BCUT2D eigenvalue weighted by Crippen LogP contribution is -2.00. The highest BCUT2D eigenvalue weighted by Gasteiger charge is 2.24. The van der Waals surface area contributed by atoms with Crippen LogP contribution in [-0.4, -0.2) is 29.8 Å². The molecule has 0 aliphatic carbocycles. The summed E-state index contributed by atoms with van der Waals surface area (Å²) >= 11 is 5.72. The Bertz CT molecular complexity index is 1060. The molecule has 0 aliphatic heterocycles. The first-order chi connectivity index (χ1) is 11.8. The Balaban J connectivity index is 2.24. The average Bonchev–Trinajstić information content (AvgIpc) is 2.97. The van der Waals surface area contributed by atoms with Crippen molar-refractivity contribution in [2.75, 3.05) is 0 Å². The fraction of sp³-hybridized carbons (Fsp3) is 0. The van der Waals surface area contributed by atoms with Gasteiger partial charge in [0.05, 0.1) is 26.5 Å². The summed E-state index contributed by atoms with van der Waals surface area (Å²) in [4.78, 5) is 31.5. The van der Waals surface area contributed by atoms with Gasteiger partial charge in [-0.1, -0.05) is 11.6 Å². The minimum atomic E-state index is -0.821. The van der Waals surface area contributed by atoms with Gasteiger partial charge in [0.25, 0.3) is 11.4 Å². The molecule has 0 atom stereocenters. The van der Waals surface area contributed by atoms with Crippen molar-refractivity contribution in [3.63, 3.8) is 0 Å². The van der Waals surface area contributed by atoms with Gasteiger partial charge in [0.1, 0.15) is 10.5 Å². The molecule has 0 unspecified atom stereocenters. The van der Waals surface area contributed by atoms with Crippen molar-refractivity contribution in [1.29, 1.82) is 0 Å². The van der Waals surface area contributed by atoms with Crippen molar-refractivity contribution in [2.24, 2.45) is 0 Å². The Hall–Kier alpha value is -3.67. The third-order valence-electron chi connectivity index (χ3n) is 3.22. The van der Waals surface area contributed by atoms with Crippen LogP contribution in [0.5, 0.6) is 0 Å². The van der Waals surface area contributed by atoms with Gasteiger partial charge in [0, 0.05) is 12.1 Å². The normalized spacial score (nSPS) is 10.8. The van der Waals surface area contributed by atoms with E-state index in [9.17, 15) is 30.3 Å². The molecule has 0 bridgehead atoms. The van der Waals surface area contributed by atoms with E-state index in [1.165, 1.54) is 12.1 Å². The molecule has 2 aromatic carbocycles. The summed E-state index contributed by atoms with van der Waals surface area (Å²) < 4.78 is 0. The van der Waals surface area contributed by atoms with Gasteiger partial charge >= 0.3 is 5.69 Å². The van der Waals surface area contributed by atoms with E-state index in [-0.39, 0.29) is 21.7 Å². The minimum absolute atomic E-state index is 0.0986. The molecule has 0 spiro atoms. The van der Waals surface area contributed by atoms with Crippen LogP contribution < -0.4 is 0 Å². The summed E-state index contributed by atoms with van der Waals surface area (Å²) in [5.41, 5.74) is -1.69. The zero-order chi connectivity index (χ0) is 18.3. The van der Waals surface area contributed by atoms with Gasteiger partial charge < -0.3 is 0 Å². The number of hydrogen-bond donors (Lipinski definition) is 0. The van der Waals surface area contributed by atoms with Crippen LogP contribution in [-0.2, 0) is 0 Å². The third kappa shape index (κ3) is 2.81. The maximum Gasteiger partial charge on any atom is 0.305 e. The minimum Gasteiger partial charge on any atom is -0.258 e. The number of nitro benzene ring substituents is 3. The molecule has 0 fully saturated rings. The quantitative estimate of drug-likeness (QED) is 0.504. The standard InChI is InChI=1S/C12H5ClN6O6/c13-8-2-1-6(4-10(8)18(22)23)16-14-9-3-7(17(20)21)5-11(19(24)25)12(9)15-16/h1-5H. The van der Waals surface area contributed by atoms with E-state index in [1.807, 2.05) is 0 Å². The molecule has 0 aliphatic rings. The Morgan fingerprint density at radius 2 is 1.56 bits per heavy atom. The molecule has 0 saturated carbocycles. The highest BCUT2D eigenvalue weighted by atomic mass is 35.5. The monoisotopic (exact) mass is 364 g/mol. The van der Waals surface area contributed by atoms with Crippen LogP contribution in [0.15, 0.2) is 30.3 Å². The summed E-state index contributed by atoms with van der Waals surface area (Å²) in [7, 11) is 0. The van der Waals surface area contributed by atoms with Crippen molar-refractivity contribution < 1.29 is 14.8 Å². The lowest BCUT2D eigenvalue weighted by Gasteiger charge is -2.00. The maximum absolute atomic E-state index is 11.1. The first-order valence-electron chi connectivity index (χ1n) is 6.42. The van der Waals surface area contributed by atoms with Crippen LogP contribution in [0.25, 0.3) is 16.7 Å². The largest absolute Gasteiger partial charge is 0.305 e. The van der Waals surface area contributed by atoms with E-state index in [1.54, 1.807) is 0 Å². The fourth-order valence-electron chi connectivity index (χ4n) is 2.11. The number of non-ortho nitro benzene ring substituents is 2. The topological polar surface area (TPSA) is 160 Å². The molecule has 0 amide bonds. The number of aromatic nitrogens is 3.